The average Bonchev–Trinajstić information content (AvgIpc) is 3.12. The highest BCUT2D eigenvalue weighted by atomic mass is 16.6. The number of aromatic nitrogens is 2. The summed E-state index contributed by atoms with van der Waals surface area (Å²) < 4.78 is 11.1. The summed E-state index contributed by atoms with van der Waals surface area (Å²) in [4.78, 5) is 20.7. The van der Waals surface area contributed by atoms with Gasteiger partial charge < -0.3 is 9.15 Å². The van der Waals surface area contributed by atoms with Crippen LogP contribution in [-0.4, -0.2) is 20.0 Å². The summed E-state index contributed by atoms with van der Waals surface area (Å²) >= 11 is 0. The predicted octanol–water partition coefficient (Wildman–Crippen LogP) is 3.69. The molecule has 0 aliphatic heterocycles. The van der Waals surface area contributed by atoms with E-state index in [-0.39, 0.29) is 28.9 Å². The number of hydrogen-bond acceptors (Lipinski definition) is 8. The predicted molar refractivity (Wildman–Crippen MR) is 88.5 cm³/mol. The van der Waals surface area contributed by atoms with Crippen LogP contribution in [0.5, 0.6) is 5.75 Å². The van der Waals surface area contributed by atoms with E-state index in [9.17, 15) is 20.2 Å². The molecule has 0 saturated carbocycles. The van der Waals surface area contributed by atoms with Crippen LogP contribution in [0, 0.1) is 20.2 Å². The molecule has 0 aliphatic rings. The minimum Gasteiger partial charge on any atom is -0.474 e. The van der Waals surface area contributed by atoms with Crippen LogP contribution >= 0.6 is 0 Å². The quantitative estimate of drug-likeness (QED) is 0.482. The Kier molecular flexibility index (Phi) is 4.56. The Morgan fingerprint density at radius 2 is 1.69 bits per heavy atom. The van der Waals surface area contributed by atoms with Crippen molar-refractivity contribution in [3.05, 3.63) is 74.7 Å². The molecule has 0 N–H and O–H groups in total. The van der Waals surface area contributed by atoms with Crippen LogP contribution in [0.1, 0.15) is 18.9 Å². The number of hydrogen-bond donors (Lipinski definition) is 0. The van der Waals surface area contributed by atoms with E-state index < -0.39 is 16.0 Å². The summed E-state index contributed by atoms with van der Waals surface area (Å²) in [6.45, 7) is 1.61. The number of ether oxygens (including phenoxy) is 1. The van der Waals surface area contributed by atoms with E-state index in [1.54, 1.807) is 13.0 Å². The molecule has 0 fully saturated rings. The molecule has 0 saturated heterocycles. The SMILES string of the molecule is C[C@@H](Oc1ccccc1[N+](=O)[O-])c1nnc(-c2ccc([N+](=O)[O-])cc2)o1. The van der Waals surface area contributed by atoms with E-state index >= 15 is 0 Å². The molecule has 1 atom stereocenters. The molecule has 3 aromatic rings. The summed E-state index contributed by atoms with van der Waals surface area (Å²) in [5, 5.41) is 29.5. The van der Waals surface area contributed by atoms with Gasteiger partial charge in [0.05, 0.1) is 9.85 Å². The molecule has 3 rings (SSSR count). The van der Waals surface area contributed by atoms with Gasteiger partial charge in [-0.15, -0.1) is 10.2 Å². The third kappa shape index (κ3) is 3.48. The number of non-ortho nitro benzene ring substituents is 1. The molecule has 1 aromatic heterocycles. The monoisotopic (exact) mass is 356 g/mol. The maximum atomic E-state index is 11.0. The first kappa shape index (κ1) is 17.0. The number of rotatable bonds is 6. The second kappa shape index (κ2) is 6.97. The van der Waals surface area contributed by atoms with Crippen molar-refractivity contribution < 1.29 is 19.0 Å². The molecule has 0 amide bonds. The molecule has 132 valence electrons. The van der Waals surface area contributed by atoms with Crippen molar-refractivity contribution in [1.29, 1.82) is 0 Å². The summed E-state index contributed by atoms with van der Waals surface area (Å²) in [6, 6.07) is 11.6. The van der Waals surface area contributed by atoms with Gasteiger partial charge in [-0.2, -0.15) is 0 Å². The minimum atomic E-state index is -0.726. The fourth-order valence-electron chi connectivity index (χ4n) is 2.19. The van der Waals surface area contributed by atoms with Crippen LogP contribution in [0.15, 0.2) is 52.9 Å². The fourth-order valence-corrected chi connectivity index (χ4v) is 2.19. The highest BCUT2D eigenvalue weighted by molar-refractivity contribution is 5.55. The van der Waals surface area contributed by atoms with Crippen molar-refractivity contribution in [3.8, 4) is 17.2 Å². The van der Waals surface area contributed by atoms with Gasteiger partial charge in [0, 0.05) is 23.8 Å². The van der Waals surface area contributed by atoms with Gasteiger partial charge in [0.1, 0.15) is 0 Å². The molecule has 10 heteroatoms. The Morgan fingerprint density at radius 1 is 1.00 bits per heavy atom. The Hall–Kier alpha value is -3.82. The Balaban J connectivity index is 1.79. The lowest BCUT2D eigenvalue weighted by molar-refractivity contribution is -0.386. The van der Waals surface area contributed by atoms with Gasteiger partial charge in [0.25, 0.3) is 11.6 Å². The summed E-state index contributed by atoms with van der Waals surface area (Å²) in [5.41, 5.74) is 0.281. The van der Waals surface area contributed by atoms with E-state index in [0.29, 0.717) is 5.56 Å². The number of nitro groups is 2. The van der Waals surface area contributed by atoms with Gasteiger partial charge in [0.15, 0.2) is 11.9 Å². The lowest BCUT2D eigenvalue weighted by atomic mass is 10.2. The van der Waals surface area contributed by atoms with Gasteiger partial charge in [-0.3, -0.25) is 20.2 Å². The topological polar surface area (TPSA) is 134 Å². The van der Waals surface area contributed by atoms with Crippen LogP contribution in [-0.2, 0) is 0 Å². The van der Waals surface area contributed by atoms with Crippen molar-refractivity contribution >= 4 is 11.4 Å². The minimum absolute atomic E-state index is 0.0541. The van der Waals surface area contributed by atoms with E-state index in [0.717, 1.165) is 0 Å². The standard InChI is InChI=1S/C16H12N4O6/c1-10(25-14-5-3-2-4-13(14)20(23)24)15-17-18-16(26-15)11-6-8-12(9-7-11)19(21)22/h2-10H,1H3/t10-/m1/s1. The van der Waals surface area contributed by atoms with Crippen molar-refractivity contribution in [1.82, 2.24) is 10.2 Å². The number of para-hydroxylation sites is 2. The fraction of sp³-hybridized carbons (Fsp3) is 0.125. The summed E-state index contributed by atoms with van der Waals surface area (Å²) in [5.74, 6) is 0.365. The van der Waals surface area contributed by atoms with E-state index in [1.807, 2.05) is 0 Å². The Bertz CT molecular complexity index is 953. The zero-order valence-electron chi connectivity index (χ0n) is 13.4. The van der Waals surface area contributed by atoms with Gasteiger partial charge >= 0.3 is 5.69 Å². The summed E-state index contributed by atoms with van der Waals surface area (Å²) in [7, 11) is 0. The van der Waals surface area contributed by atoms with Crippen LogP contribution in [0.2, 0.25) is 0 Å². The maximum Gasteiger partial charge on any atom is 0.310 e. The Labute approximate surface area is 146 Å². The molecular formula is C16H12N4O6. The first-order chi connectivity index (χ1) is 12.5. The molecule has 0 unspecified atom stereocenters. The van der Waals surface area contributed by atoms with Crippen molar-refractivity contribution in [2.24, 2.45) is 0 Å². The van der Waals surface area contributed by atoms with E-state index in [2.05, 4.69) is 10.2 Å². The van der Waals surface area contributed by atoms with Crippen molar-refractivity contribution in [2.75, 3.05) is 0 Å². The molecule has 1 heterocycles. The number of nitrogens with zero attached hydrogens (tertiary/aromatic N) is 4. The highest BCUT2D eigenvalue weighted by Crippen LogP contribution is 2.31. The van der Waals surface area contributed by atoms with Gasteiger partial charge in [-0.1, -0.05) is 12.1 Å². The van der Waals surface area contributed by atoms with Gasteiger partial charge in [-0.05, 0) is 25.1 Å². The smallest absolute Gasteiger partial charge is 0.310 e. The largest absolute Gasteiger partial charge is 0.474 e. The summed E-state index contributed by atoms with van der Waals surface area (Å²) in [6.07, 6.45) is -0.726. The zero-order chi connectivity index (χ0) is 18.7. The highest BCUT2D eigenvalue weighted by Gasteiger charge is 2.21. The third-order valence-electron chi connectivity index (χ3n) is 3.48. The number of benzene rings is 2. The lowest BCUT2D eigenvalue weighted by Crippen LogP contribution is -2.05. The zero-order valence-corrected chi connectivity index (χ0v) is 13.4. The lowest BCUT2D eigenvalue weighted by Gasteiger charge is -2.10. The maximum absolute atomic E-state index is 11.0. The normalized spacial score (nSPS) is 11.7. The van der Waals surface area contributed by atoms with Crippen LogP contribution in [0.4, 0.5) is 11.4 Å². The second-order valence-corrected chi connectivity index (χ2v) is 5.23. The first-order valence-corrected chi connectivity index (χ1v) is 7.44. The molecule has 0 radical (unpaired) electrons. The Morgan fingerprint density at radius 3 is 2.35 bits per heavy atom. The van der Waals surface area contributed by atoms with E-state index in [4.69, 9.17) is 9.15 Å². The van der Waals surface area contributed by atoms with Crippen LogP contribution in [0.3, 0.4) is 0 Å². The first-order valence-electron chi connectivity index (χ1n) is 7.44. The third-order valence-corrected chi connectivity index (χ3v) is 3.48. The average molecular weight is 356 g/mol. The second-order valence-electron chi connectivity index (χ2n) is 5.23. The molecular weight excluding hydrogens is 344 g/mol. The molecule has 0 bridgehead atoms. The van der Waals surface area contributed by atoms with Crippen molar-refractivity contribution in [3.63, 3.8) is 0 Å². The molecule has 2 aromatic carbocycles. The van der Waals surface area contributed by atoms with E-state index in [1.165, 1.54) is 42.5 Å². The van der Waals surface area contributed by atoms with Gasteiger partial charge in [-0.25, -0.2) is 0 Å². The number of nitro benzene ring substituents is 2. The molecule has 26 heavy (non-hydrogen) atoms. The van der Waals surface area contributed by atoms with Crippen LogP contribution < -0.4 is 4.74 Å². The molecule has 10 nitrogen and oxygen atoms in total. The molecule has 0 spiro atoms. The van der Waals surface area contributed by atoms with Crippen LogP contribution in [0.25, 0.3) is 11.5 Å². The van der Waals surface area contributed by atoms with Crippen molar-refractivity contribution in [2.45, 2.75) is 13.0 Å². The van der Waals surface area contributed by atoms with Gasteiger partial charge in [0.2, 0.25) is 5.89 Å². The molecule has 0 aliphatic carbocycles.